The van der Waals surface area contributed by atoms with E-state index in [2.05, 4.69) is 31.5 Å². The fourth-order valence-corrected chi connectivity index (χ4v) is 2.97. The highest BCUT2D eigenvalue weighted by Gasteiger charge is 2.06. The molecule has 0 unspecified atom stereocenters. The Morgan fingerprint density at radius 2 is 2.00 bits per heavy atom. The number of hydrogen-bond donors (Lipinski definition) is 1. The van der Waals surface area contributed by atoms with Crippen LogP contribution in [0.1, 0.15) is 55.5 Å². The van der Waals surface area contributed by atoms with Gasteiger partial charge in [0.2, 0.25) is 0 Å². The normalized spacial score (nSPS) is 10.9. The SMILES string of the molecule is CCCCCc1scc(CNCCC)c1C. The molecule has 92 valence electrons. The number of rotatable bonds is 8. The fourth-order valence-electron chi connectivity index (χ4n) is 1.85. The maximum atomic E-state index is 3.48. The molecule has 1 N–H and O–H groups in total. The quantitative estimate of drug-likeness (QED) is 0.667. The van der Waals surface area contributed by atoms with Crippen LogP contribution in [-0.4, -0.2) is 6.54 Å². The molecule has 0 bridgehead atoms. The lowest BCUT2D eigenvalue weighted by Crippen LogP contribution is -2.13. The highest BCUT2D eigenvalue weighted by molar-refractivity contribution is 7.10. The van der Waals surface area contributed by atoms with Gasteiger partial charge in [-0.1, -0.05) is 26.7 Å². The molecule has 0 spiro atoms. The Kier molecular flexibility index (Phi) is 6.74. The zero-order valence-corrected chi connectivity index (χ0v) is 11.8. The van der Waals surface area contributed by atoms with E-state index in [1.165, 1.54) is 43.2 Å². The predicted octanol–water partition coefficient (Wildman–Crippen LogP) is 4.29. The molecule has 0 radical (unpaired) electrons. The van der Waals surface area contributed by atoms with Gasteiger partial charge in [0.15, 0.2) is 0 Å². The van der Waals surface area contributed by atoms with E-state index in [-0.39, 0.29) is 0 Å². The van der Waals surface area contributed by atoms with E-state index >= 15 is 0 Å². The third kappa shape index (κ3) is 4.26. The number of thiophene rings is 1. The number of aryl methyl sites for hydroxylation is 1. The molecule has 1 aromatic rings. The van der Waals surface area contributed by atoms with Gasteiger partial charge in [-0.2, -0.15) is 0 Å². The molecule has 0 aliphatic rings. The second-order valence-corrected chi connectivity index (χ2v) is 5.41. The first-order chi connectivity index (χ1) is 7.79. The van der Waals surface area contributed by atoms with Crippen LogP contribution in [0, 0.1) is 6.92 Å². The summed E-state index contributed by atoms with van der Waals surface area (Å²) in [5, 5.41) is 5.81. The lowest BCUT2D eigenvalue weighted by Gasteiger charge is -2.04. The number of unbranched alkanes of at least 4 members (excludes halogenated alkanes) is 2. The van der Waals surface area contributed by atoms with Crippen molar-refractivity contribution >= 4 is 11.3 Å². The van der Waals surface area contributed by atoms with Crippen LogP contribution in [-0.2, 0) is 13.0 Å². The van der Waals surface area contributed by atoms with Gasteiger partial charge in [0, 0.05) is 11.4 Å². The smallest absolute Gasteiger partial charge is 0.0216 e. The maximum absolute atomic E-state index is 3.48. The maximum Gasteiger partial charge on any atom is 0.0216 e. The highest BCUT2D eigenvalue weighted by Crippen LogP contribution is 2.23. The van der Waals surface area contributed by atoms with Gasteiger partial charge in [-0.05, 0) is 49.2 Å². The van der Waals surface area contributed by atoms with E-state index in [9.17, 15) is 0 Å². The Morgan fingerprint density at radius 1 is 1.19 bits per heavy atom. The molecule has 0 atom stereocenters. The molecular formula is C14H25NS. The summed E-state index contributed by atoms with van der Waals surface area (Å²) in [5.41, 5.74) is 3.04. The average molecular weight is 239 g/mol. The van der Waals surface area contributed by atoms with E-state index in [0.29, 0.717) is 0 Å². The summed E-state index contributed by atoms with van der Waals surface area (Å²) in [6.45, 7) is 8.93. The lowest BCUT2D eigenvalue weighted by molar-refractivity contribution is 0.673. The van der Waals surface area contributed by atoms with Crippen molar-refractivity contribution in [2.45, 2.75) is 59.4 Å². The summed E-state index contributed by atoms with van der Waals surface area (Å²) in [7, 11) is 0. The topological polar surface area (TPSA) is 12.0 Å². The number of nitrogens with one attached hydrogen (secondary N) is 1. The van der Waals surface area contributed by atoms with Gasteiger partial charge in [0.05, 0.1) is 0 Å². The van der Waals surface area contributed by atoms with E-state index in [1.807, 2.05) is 11.3 Å². The Bertz CT molecular complexity index is 263. The summed E-state index contributed by atoms with van der Waals surface area (Å²) in [5.74, 6) is 0. The summed E-state index contributed by atoms with van der Waals surface area (Å²) >= 11 is 1.94. The van der Waals surface area contributed by atoms with Crippen LogP contribution in [0.4, 0.5) is 0 Å². The van der Waals surface area contributed by atoms with Crippen LogP contribution < -0.4 is 5.32 Å². The molecule has 0 saturated heterocycles. The van der Waals surface area contributed by atoms with Gasteiger partial charge in [-0.3, -0.25) is 0 Å². The van der Waals surface area contributed by atoms with Crippen LogP contribution in [0.3, 0.4) is 0 Å². The van der Waals surface area contributed by atoms with Gasteiger partial charge in [0.1, 0.15) is 0 Å². The van der Waals surface area contributed by atoms with Crippen LogP contribution >= 0.6 is 11.3 Å². The monoisotopic (exact) mass is 239 g/mol. The molecule has 0 saturated carbocycles. The molecule has 1 aromatic heterocycles. The zero-order valence-electron chi connectivity index (χ0n) is 10.9. The molecule has 16 heavy (non-hydrogen) atoms. The van der Waals surface area contributed by atoms with Crippen molar-refractivity contribution < 1.29 is 0 Å². The van der Waals surface area contributed by atoms with Crippen LogP contribution in [0.15, 0.2) is 5.38 Å². The first kappa shape index (κ1) is 13.7. The molecular weight excluding hydrogens is 214 g/mol. The summed E-state index contributed by atoms with van der Waals surface area (Å²) < 4.78 is 0. The molecule has 1 rings (SSSR count). The summed E-state index contributed by atoms with van der Waals surface area (Å²) in [4.78, 5) is 1.60. The fraction of sp³-hybridized carbons (Fsp3) is 0.714. The van der Waals surface area contributed by atoms with Gasteiger partial charge in [-0.25, -0.2) is 0 Å². The van der Waals surface area contributed by atoms with Crippen molar-refractivity contribution in [2.75, 3.05) is 6.54 Å². The second-order valence-electron chi connectivity index (χ2n) is 4.44. The lowest BCUT2D eigenvalue weighted by atomic mass is 10.1. The molecule has 0 amide bonds. The summed E-state index contributed by atoms with van der Waals surface area (Å²) in [6, 6.07) is 0. The zero-order chi connectivity index (χ0) is 11.8. The molecule has 1 nitrogen and oxygen atoms in total. The minimum atomic E-state index is 1.05. The van der Waals surface area contributed by atoms with E-state index in [0.717, 1.165) is 13.1 Å². The van der Waals surface area contributed by atoms with Crippen LogP contribution in [0.5, 0.6) is 0 Å². The van der Waals surface area contributed by atoms with E-state index in [1.54, 1.807) is 4.88 Å². The largest absolute Gasteiger partial charge is 0.313 e. The van der Waals surface area contributed by atoms with Gasteiger partial charge in [0.25, 0.3) is 0 Å². The molecule has 0 aromatic carbocycles. The minimum Gasteiger partial charge on any atom is -0.313 e. The molecule has 2 heteroatoms. The molecule has 1 heterocycles. The average Bonchev–Trinajstić information content (AvgIpc) is 2.62. The van der Waals surface area contributed by atoms with Crippen LogP contribution in [0.2, 0.25) is 0 Å². The third-order valence-corrected chi connectivity index (χ3v) is 4.19. The third-order valence-electron chi connectivity index (χ3n) is 2.99. The van der Waals surface area contributed by atoms with Crippen molar-refractivity contribution in [3.8, 4) is 0 Å². The minimum absolute atomic E-state index is 1.05. The first-order valence-electron chi connectivity index (χ1n) is 6.56. The molecule has 0 aliphatic carbocycles. The Balaban J connectivity index is 2.41. The Labute approximate surface area is 104 Å². The summed E-state index contributed by atoms with van der Waals surface area (Å²) in [6.07, 6.45) is 6.51. The standard InChI is InChI=1S/C14H25NS/c1-4-6-7-8-14-12(3)13(11-16-14)10-15-9-5-2/h11,15H,4-10H2,1-3H3. The highest BCUT2D eigenvalue weighted by atomic mass is 32.1. The van der Waals surface area contributed by atoms with Crippen molar-refractivity contribution in [1.82, 2.24) is 5.32 Å². The van der Waals surface area contributed by atoms with Gasteiger partial charge in [-0.15, -0.1) is 11.3 Å². The number of hydrogen-bond acceptors (Lipinski definition) is 2. The second kappa shape index (κ2) is 7.86. The van der Waals surface area contributed by atoms with Crippen LogP contribution in [0.25, 0.3) is 0 Å². The van der Waals surface area contributed by atoms with E-state index < -0.39 is 0 Å². The van der Waals surface area contributed by atoms with Crippen molar-refractivity contribution in [3.63, 3.8) is 0 Å². The van der Waals surface area contributed by atoms with Crippen molar-refractivity contribution in [3.05, 3.63) is 21.4 Å². The van der Waals surface area contributed by atoms with Crippen molar-refractivity contribution in [1.29, 1.82) is 0 Å². The Morgan fingerprint density at radius 3 is 2.69 bits per heavy atom. The van der Waals surface area contributed by atoms with Gasteiger partial charge >= 0.3 is 0 Å². The Hall–Kier alpha value is -0.340. The van der Waals surface area contributed by atoms with E-state index in [4.69, 9.17) is 0 Å². The first-order valence-corrected chi connectivity index (χ1v) is 7.44. The predicted molar refractivity (Wildman–Crippen MR) is 74.3 cm³/mol. The molecule has 0 aliphatic heterocycles. The van der Waals surface area contributed by atoms with Crippen molar-refractivity contribution in [2.24, 2.45) is 0 Å². The molecule has 0 fully saturated rings. The van der Waals surface area contributed by atoms with Gasteiger partial charge < -0.3 is 5.32 Å².